The van der Waals surface area contributed by atoms with Crippen molar-refractivity contribution in [3.63, 3.8) is 0 Å². The molecule has 0 amide bonds. The Hall–Kier alpha value is -1.37. The number of halogens is 6. The van der Waals surface area contributed by atoms with Crippen molar-refractivity contribution >= 4 is 17.6 Å². The standard InChI is InChI=1S/C11H8ClF5O2/c12-8-3-1-7(2-4-8)5-6-19-9(18)10(13,14)11(15,16)17/h1-4H,5-6H2. The number of rotatable bonds is 4. The number of alkyl halides is 5. The third-order valence-corrected chi connectivity index (χ3v) is 2.40. The van der Waals surface area contributed by atoms with Crippen molar-refractivity contribution in [1.29, 1.82) is 0 Å². The van der Waals surface area contributed by atoms with Crippen LogP contribution in [0.4, 0.5) is 22.0 Å². The molecule has 0 saturated carbocycles. The summed E-state index contributed by atoms with van der Waals surface area (Å²) in [5.74, 6) is -8.10. The summed E-state index contributed by atoms with van der Waals surface area (Å²) in [5, 5.41) is 0.448. The van der Waals surface area contributed by atoms with Gasteiger partial charge in [0.1, 0.15) is 0 Å². The summed E-state index contributed by atoms with van der Waals surface area (Å²) in [4.78, 5) is 10.6. The van der Waals surface area contributed by atoms with Crippen molar-refractivity contribution in [2.24, 2.45) is 0 Å². The minimum absolute atomic E-state index is 0.0108. The van der Waals surface area contributed by atoms with Crippen molar-refractivity contribution in [1.82, 2.24) is 0 Å². The average molecular weight is 303 g/mol. The minimum atomic E-state index is -5.95. The van der Waals surface area contributed by atoms with Crippen molar-refractivity contribution < 1.29 is 31.5 Å². The molecule has 0 spiro atoms. The summed E-state index contributed by atoms with van der Waals surface area (Å²) in [7, 11) is 0. The van der Waals surface area contributed by atoms with Crippen LogP contribution in [0.5, 0.6) is 0 Å². The molecule has 106 valence electrons. The number of hydrogen-bond acceptors (Lipinski definition) is 2. The Labute approximate surface area is 110 Å². The van der Waals surface area contributed by atoms with Crippen LogP contribution in [0.2, 0.25) is 5.02 Å². The van der Waals surface area contributed by atoms with Crippen LogP contribution < -0.4 is 0 Å². The topological polar surface area (TPSA) is 26.3 Å². The lowest BCUT2D eigenvalue weighted by molar-refractivity contribution is -0.280. The first-order chi connectivity index (χ1) is 8.64. The highest BCUT2D eigenvalue weighted by Crippen LogP contribution is 2.36. The van der Waals surface area contributed by atoms with Gasteiger partial charge >= 0.3 is 18.1 Å². The van der Waals surface area contributed by atoms with Crippen LogP contribution in [0, 0.1) is 0 Å². The van der Waals surface area contributed by atoms with Crippen molar-refractivity contribution in [3.05, 3.63) is 34.9 Å². The predicted molar refractivity (Wildman–Crippen MR) is 57.1 cm³/mol. The smallest absolute Gasteiger partial charge is 0.461 e. The number of hydrogen-bond donors (Lipinski definition) is 0. The van der Waals surface area contributed by atoms with Gasteiger partial charge in [-0.3, -0.25) is 0 Å². The third-order valence-electron chi connectivity index (χ3n) is 2.15. The third kappa shape index (κ3) is 4.05. The lowest BCUT2D eigenvalue weighted by atomic mass is 10.2. The molecule has 0 N–H and O–H groups in total. The molecule has 1 aromatic carbocycles. The molecule has 0 aliphatic rings. The average Bonchev–Trinajstić information content (AvgIpc) is 2.30. The molecule has 0 unspecified atom stereocenters. The number of carbonyl (C=O) groups is 1. The van der Waals surface area contributed by atoms with Gasteiger partial charge in [-0.1, -0.05) is 23.7 Å². The predicted octanol–water partition coefficient (Wildman–Crippen LogP) is 3.62. The highest BCUT2D eigenvalue weighted by Gasteiger charge is 2.64. The van der Waals surface area contributed by atoms with Gasteiger partial charge in [0.2, 0.25) is 0 Å². The van der Waals surface area contributed by atoms with Crippen LogP contribution in [0.15, 0.2) is 24.3 Å². The Morgan fingerprint density at radius 1 is 1.11 bits per heavy atom. The number of ether oxygens (including phenoxy) is 1. The molecule has 0 heterocycles. The Morgan fingerprint density at radius 2 is 1.63 bits per heavy atom. The zero-order chi connectivity index (χ0) is 14.7. The van der Waals surface area contributed by atoms with E-state index >= 15 is 0 Å². The van der Waals surface area contributed by atoms with E-state index in [4.69, 9.17) is 11.6 Å². The van der Waals surface area contributed by atoms with E-state index in [-0.39, 0.29) is 6.42 Å². The fraction of sp³-hybridized carbons (Fsp3) is 0.364. The highest BCUT2D eigenvalue weighted by atomic mass is 35.5. The lowest BCUT2D eigenvalue weighted by Crippen LogP contribution is -2.45. The SMILES string of the molecule is O=C(OCCc1ccc(Cl)cc1)C(F)(F)C(F)(F)F. The van der Waals surface area contributed by atoms with E-state index in [1.807, 2.05) is 0 Å². The van der Waals surface area contributed by atoms with E-state index in [0.29, 0.717) is 10.6 Å². The van der Waals surface area contributed by atoms with Gasteiger partial charge in [-0.05, 0) is 17.7 Å². The Bertz CT molecular complexity index is 441. The maximum absolute atomic E-state index is 12.5. The zero-order valence-corrected chi connectivity index (χ0v) is 10.1. The maximum atomic E-state index is 12.5. The van der Waals surface area contributed by atoms with Crippen LogP contribution >= 0.6 is 11.6 Å². The lowest BCUT2D eigenvalue weighted by Gasteiger charge is -2.17. The quantitative estimate of drug-likeness (QED) is 0.627. The second-order valence-corrected chi connectivity index (χ2v) is 4.02. The van der Waals surface area contributed by atoms with Gasteiger partial charge in [0.25, 0.3) is 0 Å². The maximum Gasteiger partial charge on any atom is 0.465 e. The van der Waals surface area contributed by atoms with Crippen molar-refractivity contribution in [2.45, 2.75) is 18.5 Å². The minimum Gasteiger partial charge on any atom is -0.461 e. The second-order valence-electron chi connectivity index (χ2n) is 3.58. The second kappa shape index (κ2) is 5.73. The molecule has 0 bridgehead atoms. The van der Waals surface area contributed by atoms with Gasteiger partial charge in [0.15, 0.2) is 0 Å². The molecule has 8 heteroatoms. The van der Waals surface area contributed by atoms with Gasteiger partial charge in [-0.15, -0.1) is 0 Å². The number of benzene rings is 1. The molecule has 0 fully saturated rings. The van der Waals surface area contributed by atoms with Crippen LogP contribution in [0.25, 0.3) is 0 Å². The van der Waals surface area contributed by atoms with Gasteiger partial charge in [0, 0.05) is 11.4 Å². The van der Waals surface area contributed by atoms with E-state index in [2.05, 4.69) is 4.74 Å². The van der Waals surface area contributed by atoms with E-state index in [1.54, 1.807) is 0 Å². The van der Waals surface area contributed by atoms with Crippen LogP contribution in [0.3, 0.4) is 0 Å². The van der Waals surface area contributed by atoms with Crippen LogP contribution in [-0.4, -0.2) is 24.7 Å². The largest absolute Gasteiger partial charge is 0.465 e. The Kier molecular flexibility index (Phi) is 4.73. The van der Waals surface area contributed by atoms with E-state index < -0.39 is 24.7 Å². The molecule has 19 heavy (non-hydrogen) atoms. The molecule has 2 nitrogen and oxygen atoms in total. The van der Waals surface area contributed by atoms with Crippen molar-refractivity contribution in [3.8, 4) is 0 Å². The number of carbonyl (C=O) groups excluding carboxylic acids is 1. The van der Waals surface area contributed by atoms with Crippen LogP contribution in [0.1, 0.15) is 5.56 Å². The number of esters is 1. The molecular weight excluding hydrogens is 295 g/mol. The summed E-state index contributed by atoms with van der Waals surface area (Å²) in [6.45, 7) is -0.577. The summed E-state index contributed by atoms with van der Waals surface area (Å²) in [6, 6.07) is 6.11. The van der Waals surface area contributed by atoms with E-state index in [0.717, 1.165) is 0 Å². The molecular formula is C11H8ClF5O2. The fourth-order valence-electron chi connectivity index (χ4n) is 1.12. The molecule has 1 rings (SSSR count). The summed E-state index contributed by atoms with van der Waals surface area (Å²) in [5.41, 5.74) is 0.590. The summed E-state index contributed by atoms with van der Waals surface area (Å²) < 4.78 is 64.3. The first-order valence-electron chi connectivity index (χ1n) is 5.01. The molecule has 0 aliphatic carbocycles. The van der Waals surface area contributed by atoms with E-state index in [9.17, 15) is 26.7 Å². The molecule has 0 saturated heterocycles. The summed E-state index contributed by atoms with van der Waals surface area (Å²) in [6.07, 6.45) is -5.94. The summed E-state index contributed by atoms with van der Waals surface area (Å²) >= 11 is 5.60. The van der Waals surface area contributed by atoms with Gasteiger partial charge < -0.3 is 4.74 Å². The van der Waals surface area contributed by atoms with Crippen molar-refractivity contribution in [2.75, 3.05) is 6.61 Å². The van der Waals surface area contributed by atoms with Gasteiger partial charge in [0.05, 0.1) is 6.61 Å². The molecule has 0 radical (unpaired) electrons. The molecule has 0 aromatic heterocycles. The first-order valence-corrected chi connectivity index (χ1v) is 5.38. The Morgan fingerprint density at radius 3 is 2.11 bits per heavy atom. The highest BCUT2D eigenvalue weighted by molar-refractivity contribution is 6.30. The Balaban J connectivity index is 2.49. The van der Waals surface area contributed by atoms with Crippen LogP contribution in [-0.2, 0) is 16.0 Å². The molecule has 0 atom stereocenters. The van der Waals surface area contributed by atoms with E-state index in [1.165, 1.54) is 24.3 Å². The molecule has 1 aromatic rings. The zero-order valence-electron chi connectivity index (χ0n) is 9.31. The molecule has 0 aliphatic heterocycles. The normalized spacial score (nSPS) is 12.3. The fourth-order valence-corrected chi connectivity index (χ4v) is 1.25. The van der Waals surface area contributed by atoms with Gasteiger partial charge in [-0.25, -0.2) is 4.79 Å². The monoisotopic (exact) mass is 302 g/mol. The first kappa shape index (κ1) is 15.7. The van der Waals surface area contributed by atoms with Gasteiger partial charge in [-0.2, -0.15) is 22.0 Å².